The van der Waals surface area contributed by atoms with Gasteiger partial charge in [0.2, 0.25) is 0 Å². The third-order valence-corrected chi connectivity index (χ3v) is 6.73. The average molecular weight is 362 g/mol. The van der Waals surface area contributed by atoms with E-state index in [2.05, 4.69) is 21.2 Å². The Bertz CT molecular complexity index is 471. The lowest BCUT2D eigenvalue weighted by atomic mass is 10.3. The molecule has 1 aromatic rings. The fourth-order valence-corrected chi connectivity index (χ4v) is 5.30. The Morgan fingerprint density at radius 3 is 2.71 bits per heavy atom. The summed E-state index contributed by atoms with van der Waals surface area (Å²) in [5, 5.41) is 3.17. The van der Waals surface area contributed by atoms with Crippen molar-refractivity contribution in [3.05, 3.63) is 15.9 Å². The highest BCUT2D eigenvalue weighted by atomic mass is 79.9. The van der Waals surface area contributed by atoms with Crippen LogP contribution in [0.3, 0.4) is 0 Å². The van der Waals surface area contributed by atoms with Crippen LogP contribution in [0.2, 0.25) is 0 Å². The maximum Gasteiger partial charge on any atom is 0.252 e. The average Bonchev–Trinajstić information content (AvgIpc) is 2.86. The van der Waals surface area contributed by atoms with E-state index in [-0.39, 0.29) is 18.4 Å². The summed E-state index contributed by atoms with van der Waals surface area (Å²) in [5.41, 5.74) is 0. The normalized spacial score (nSPS) is 20.5. The molecule has 0 bridgehead atoms. The largest absolute Gasteiger partial charge is 0.315 e. The van der Waals surface area contributed by atoms with E-state index in [0.717, 1.165) is 23.3 Å². The fourth-order valence-electron chi connectivity index (χ4n) is 1.72. The van der Waals surface area contributed by atoms with Gasteiger partial charge in [-0.15, -0.1) is 23.7 Å². The van der Waals surface area contributed by atoms with Gasteiger partial charge in [0.1, 0.15) is 4.21 Å². The lowest BCUT2D eigenvalue weighted by Gasteiger charge is -2.22. The summed E-state index contributed by atoms with van der Waals surface area (Å²) in [6.07, 6.45) is 0.877. The van der Waals surface area contributed by atoms with E-state index >= 15 is 0 Å². The van der Waals surface area contributed by atoms with Crippen molar-refractivity contribution in [2.45, 2.75) is 16.7 Å². The van der Waals surface area contributed by atoms with Gasteiger partial charge < -0.3 is 5.32 Å². The molecule has 0 saturated carbocycles. The van der Waals surface area contributed by atoms with Crippen LogP contribution in [0.4, 0.5) is 0 Å². The van der Waals surface area contributed by atoms with Crippen LogP contribution >= 0.6 is 39.7 Å². The Hall–Kier alpha value is 0.340. The van der Waals surface area contributed by atoms with Gasteiger partial charge in [0, 0.05) is 19.6 Å². The first kappa shape index (κ1) is 15.4. The number of thiophene rings is 1. The van der Waals surface area contributed by atoms with E-state index in [1.807, 2.05) is 0 Å². The summed E-state index contributed by atoms with van der Waals surface area (Å²) >= 11 is 4.53. The predicted molar refractivity (Wildman–Crippen MR) is 75.5 cm³/mol. The van der Waals surface area contributed by atoms with Gasteiger partial charge >= 0.3 is 0 Å². The molecule has 1 saturated heterocycles. The first-order valence-corrected chi connectivity index (χ1v) is 8.01. The molecule has 1 aliphatic heterocycles. The molecule has 0 aliphatic carbocycles. The lowest BCUT2D eigenvalue weighted by molar-refractivity contribution is 0.389. The van der Waals surface area contributed by atoms with E-state index < -0.39 is 10.0 Å². The number of sulfonamides is 1. The van der Waals surface area contributed by atoms with Crippen LogP contribution in [-0.2, 0) is 10.0 Å². The molecule has 1 aromatic heterocycles. The molecule has 2 rings (SSSR count). The van der Waals surface area contributed by atoms with Crippen molar-refractivity contribution in [2.75, 3.05) is 20.1 Å². The predicted octanol–water partition coefficient (Wildman–Crippen LogP) is 1.91. The Balaban J connectivity index is 0.00000144. The quantitative estimate of drug-likeness (QED) is 0.895. The van der Waals surface area contributed by atoms with Crippen LogP contribution in [0.1, 0.15) is 6.42 Å². The number of nitrogens with zero attached hydrogens (tertiary/aromatic N) is 1. The second-order valence-electron chi connectivity index (χ2n) is 3.73. The first-order valence-electron chi connectivity index (χ1n) is 4.96. The van der Waals surface area contributed by atoms with Gasteiger partial charge in [-0.25, -0.2) is 8.42 Å². The molecule has 98 valence electrons. The molecule has 1 aliphatic rings. The molecule has 8 heteroatoms. The van der Waals surface area contributed by atoms with Gasteiger partial charge in [-0.3, -0.25) is 0 Å². The molecule has 1 atom stereocenters. The van der Waals surface area contributed by atoms with E-state index in [1.165, 1.54) is 15.6 Å². The third-order valence-electron chi connectivity index (χ3n) is 2.73. The van der Waals surface area contributed by atoms with Crippen molar-refractivity contribution in [3.8, 4) is 0 Å². The van der Waals surface area contributed by atoms with Crippen LogP contribution < -0.4 is 5.32 Å². The molecule has 17 heavy (non-hydrogen) atoms. The summed E-state index contributed by atoms with van der Waals surface area (Å²) in [7, 11) is -1.67. The Labute approximate surface area is 120 Å². The number of rotatable bonds is 3. The van der Waals surface area contributed by atoms with Crippen molar-refractivity contribution in [1.29, 1.82) is 0 Å². The Morgan fingerprint density at radius 2 is 2.24 bits per heavy atom. The molecule has 1 fully saturated rings. The monoisotopic (exact) mass is 360 g/mol. The molecule has 0 aromatic carbocycles. The lowest BCUT2D eigenvalue weighted by Crippen LogP contribution is -2.37. The second kappa shape index (κ2) is 5.99. The van der Waals surface area contributed by atoms with Crippen molar-refractivity contribution in [2.24, 2.45) is 0 Å². The standard InChI is InChI=1S/C9H13BrN2O2S2.ClH/c1-12(7-4-5-11-6-7)16(13,14)9-3-2-8(10)15-9;/h2-3,7,11H,4-6H2,1H3;1H/t7-;/m0./s1. The molecular weight excluding hydrogens is 348 g/mol. The first-order chi connectivity index (χ1) is 7.51. The zero-order chi connectivity index (χ0) is 11.8. The van der Waals surface area contributed by atoms with E-state index in [0.29, 0.717) is 4.21 Å². The van der Waals surface area contributed by atoms with Gasteiger partial charge in [0.25, 0.3) is 10.0 Å². The summed E-state index contributed by atoms with van der Waals surface area (Å²) in [4.78, 5) is 0. The van der Waals surface area contributed by atoms with Gasteiger partial charge in [-0.1, -0.05) is 0 Å². The highest BCUT2D eigenvalue weighted by Crippen LogP contribution is 2.29. The molecule has 0 amide bonds. The SMILES string of the molecule is CN([C@H]1CCNC1)S(=O)(=O)c1ccc(Br)s1.Cl. The van der Waals surface area contributed by atoms with Crippen LogP contribution in [0.5, 0.6) is 0 Å². The smallest absolute Gasteiger partial charge is 0.252 e. The van der Waals surface area contributed by atoms with Crippen molar-refractivity contribution >= 4 is 49.7 Å². The number of nitrogens with one attached hydrogen (secondary N) is 1. The number of halogens is 2. The van der Waals surface area contributed by atoms with Crippen LogP contribution in [0.25, 0.3) is 0 Å². The van der Waals surface area contributed by atoms with Crippen molar-refractivity contribution < 1.29 is 8.42 Å². The van der Waals surface area contributed by atoms with Crippen LogP contribution in [0.15, 0.2) is 20.1 Å². The topological polar surface area (TPSA) is 49.4 Å². The summed E-state index contributed by atoms with van der Waals surface area (Å²) < 4.78 is 27.2. The summed E-state index contributed by atoms with van der Waals surface area (Å²) in [6.45, 7) is 1.63. The Morgan fingerprint density at radius 1 is 1.53 bits per heavy atom. The molecule has 0 radical (unpaired) electrons. The van der Waals surface area contributed by atoms with Crippen molar-refractivity contribution in [1.82, 2.24) is 9.62 Å². The fraction of sp³-hybridized carbons (Fsp3) is 0.556. The highest BCUT2D eigenvalue weighted by Gasteiger charge is 2.30. The minimum atomic E-state index is -3.32. The molecule has 0 spiro atoms. The number of likely N-dealkylation sites (N-methyl/N-ethyl adjacent to an activating group) is 1. The molecule has 1 N–H and O–H groups in total. The maximum absolute atomic E-state index is 12.2. The van der Waals surface area contributed by atoms with E-state index in [9.17, 15) is 8.42 Å². The molecule has 0 unspecified atom stereocenters. The molecular formula is C9H14BrClN2O2S2. The maximum atomic E-state index is 12.2. The van der Waals surface area contributed by atoms with E-state index in [1.54, 1.807) is 19.2 Å². The number of hydrogen-bond donors (Lipinski definition) is 1. The highest BCUT2D eigenvalue weighted by molar-refractivity contribution is 9.11. The minimum absolute atomic E-state index is 0. The van der Waals surface area contributed by atoms with E-state index in [4.69, 9.17) is 0 Å². The summed E-state index contributed by atoms with van der Waals surface area (Å²) in [6, 6.07) is 3.48. The minimum Gasteiger partial charge on any atom is -0.315 e. The molecule has 4 nitrogen and oxygen atoms in total. The van der Waals surface area contributed by atoms with Gasteiger partial charge in [-0.2, -0.15) is 4.31 Å². The van der Waals surface area contributed by atoms with Gasteiger partial charge in [0.15, 0.2) is 0 Å². The Kier molecular flexibility index (Phi) is 5.42. The van der Waals surface area contributed by atoms with Gasteiger partial charge in [-0.05, 0) is 41.0 Å². The second-order valence-corrected chi connectivity index (χ2v) is 8.41. The molecule has 2 heterocycles. The zero-order valence-electron chi connectivity index (χ0n) is 9.22. The number of hydrogen-bond acceptors (Lipinski definition) is 4. The van der Waals surface area contributed by atoms with Crippen LogP contribution in [-0.4, -0.2) is 38.9 Å². The third kappa shape index (κ3) is 3.21. The summed E-state index contributed by atoms with van der Waals surface area (Å²) in [5.74, 6) is 0. The van der Waals surface area contributed by atoms with Gasteiger partial charge in [0.05, 0.1) is 3.79 Å². The zero-order valence-corrected chi connectivity index (χ0v) is 13.3. The van der Waals surface area contributed by atoms with Crippen LogP contribution in [0, 0.1) is 0 Å². The van der Waals surface area contributed by atoms with Crippen molar-refractivity contribution in [3.63, 3.8) is 0 Å².